The van der Waals surface area contributed by atoms with Gasteiger partial charge in [-0.25, -0.2) is 4.79 Å². The van der Waals surface area contributed by atoms with E-state index in [1.807, 2.05) is 19.1 Å². The quantitative estimate of drug-likeness (QED) is 0.166. The molecule has 0 spiro atoms. The molecule has 1 amide bonds. The van der Waals surface area contributed by atoms with Crippen molar-refractivity contribution in [2.45, 2.75) is 13.3 Å². The lowest BCUT2D eigenvalue weighted by atomic mass is 10.1. The third kappa shape index (κ3) is 6.61. The van der Waals surface area contributed by atoms with Gasteiger partial charge in [0, 0.05) is 16.1 Å². The fraction of sp³-hybridized carbons (Fsp3) is 0.115. The molecule has 0 heterocycles. The number of rotatable bonds is 8. The fourth-order valence-corrected chi connectivity index (χ4v) is 3.20. The molecule has 0 radical (unpaired) electrons. The Balaban J connectivity index is 1.70. The smallest absolute Gasteiger partial charge is 0.354 e. The Morgan fingerprint density at radius 2 is 1.79 bits per heavy atom. The van der Waals surface area contributed by atoms with Crippen molar-refractivity contribution < 1.29 is 19.1 Å². The number of anilines is 1. The summed E-state index contributed by atoms with van der Waals surface area (Å²) in [6.07, 6.45) is 2.25. The predicted molar refractivity (Wildman–Crippen MR) is 132 cm³/mol. The minimum Gasteiger partial charge on any atom is -0.493 e. The molecule has 0 saturated carbocycles. The zero-order chi connectivity index (χ0) is 24.5. The molecule has 3 aromatic rings. The van der Waals surface area contributed by atoms with E-state index in [0.717, 1.165) is 6.42 Å². The van der Waals surface area contributed by atoms with E-state index in [4.69, 9.17) is 32.7 Å². The van der Waals surface area contributed by atoms with Crippen LogP contribution in [-0.2, 0) is 4.79 Å². The first kappa shape index (κ1) is 24.8. The molecule has 0 saturated heterocycles. The van der Waals surface area contributed by atoms with Gasteiger partial charge in [0.05, 0.1) is 17.3 Å². The largest absolute Gasteiger partial charge is 0.493 e. The summed E-state index contributed by atoms with van der Waals surface area (Å²) in [5, 5.41) is 12.9. The average Bonchev–Trinajstić information content (AvgIpc) is 2.84. The van der Waals surface area contributed by atoms with Crippen LogP contribution in [0.5, 0.6) is 11.5 Å². The number of hydrogen-bond acceptors (Lipinski definition) is 5. The first-order valence-electron chi connectivity index (χ1n) is 10.3. The number of ether oxygens (including phenoxy) is 2. The summed E-state index contributed by atoms with van der Waals surface area (Å²) in [5.74, 6) is -0.488. The highest BCUT2D eigenvalue weighted by Crippen LogP contribution is 2.26. The first-order chi connectivity index (χ1) is 16.4. The average molecular weight is 495 g/mol. The first-order valence-corrected chi connectivity index (χ1v) is 11.1. The van der Waals surface area contributed by atoms with Gasteiger partial charge in [-0.3, -0.25) is 4.79 Å². The van der Waals surface area contributed by atoms with Crippen molar-refractivity contribution in [3.63, 3.8) is 0 Å². The van der Waals surface area contributed by atoms with Crippen molar-refractivity contribution in [2.24, 2.45) is 0 Å². The second-order valence-electron chi connectivity index (χ2n) is 7.05. The number of nitrogens with one attached hydrogen (secondary N) is 1. The third-order valence-corrected chi connectivity index (χ3v) is 5.09. The molecule has 3 rings (SSSR count). The summed E-state index contributed by atoms with van der Waals surface area (Å²) in [4.78, 5) is 25.0. The molecule has 34 heavy (non-hydrogen) atoms. The number of para-hydroxylation sites is 1. The topological polar surface area (TPSA) is 88.4 Å². The summed E-state index contributed by atoms with van der Waals surface area (Å²) < 4.78 is 11.0. The van der Waals surface area contributed by atoms with E-state index in [1.54, 1.807) is 36.4 Å². The molecule has 3 aromatic carbocycles. The van der Waals surface area contributed by atoms with Gasteiger partial charge in [-0.2, -0.15) is 5.26 Å². The summed E-state index contributed by atoms with van der Waals surface area (Å²) in [6, 6.07) is 19.6. The van der Waals surface area contributed by atoms with Crippen LogP contribution in [0.2, 0.25) is 10.0 Å². The van der Waals surface area contributed by atoms with E-state index in [2.05, 4.69) is 5.32 Å². The van der Waals surface area contributed by atoms with E-state index in [0.29, 0.717) is 39.2 Å². The Kier molecular flexibility index (Phi) is 8.69. The molecule has 0 aliphatic rings. The van der Waals surface area contributed by atoms with Gasteiger partial charge in [-0.05, 0) is 61.0 Å². The Morgan fingerprint density at radius 3 is 2.50 bits per heavy atom. The lowest BCUT2D eigenvalue weighted by Gasteiger charge is -2.09. The molecule has 0 aliphatic carbocycles. The lowest BCUT2D eigenvalue weighted by molar-refractivity contribution is -0.129. The zero-order valence-electron chi connectivity index (χ0n) is 18.2. The summed E-state index contributed by atoms with van der Waals surface area (Å²) in [7, 11) is 0. The number of amides is 1. The summed E-state index contributed by atoms with van der Waals surface area (Å²) >= 11 is 12.0. The number of hydrogen-bond donors (Lipinski definition) is 1. The van der Waals surface area contributed by atoms with E-state index >= 15 is 0 Å². The molecular formula is C26H20Cl2N2O4. The van der Waals surface area contributed by atoms with E-state index in [1.165, 1.54) is 30.3 Å². The number of esters is 1. The van der Waals surface area contributed by atoms with Crippen molar-refractivity contribution in [3.05, 3.63) is 93.5 Å². The Bertz CT molecular complexity index is 1260. The van der Waals surface area contributed by atoms with Crippen molar-refractivity contribution in [1.82, 2.24) is 0 Å². The maximum absolute atomic E-state index is 12.5. The molecule has 0 bridgehead atoms. The Hall–Kier alpha value is -3.79. The van der Waals surface area contributed by atoms with Gasteiger partial charge >= 0.3 is 5.97 Å². The SMILES string of the molecule is CCCOc1ccccc1/C=C(\C#N)C(=O)Oc1ccc(C(=O)Nc2cc(Cl)ccc2Cl)cc1. The van der Waals surface area contributed by atoms with Gasteiger partial charge in [0.25, 0.3) is 5.91 Å². The van der Waals surface area contributed by atoms with Crippen LogP contribution in [0.15, 0.2) is 72.3 Å². The van der Waals surface area contributed by atoms with Gasteiger partial charge in [-0.15, -0.1) is 0 Å². The molecule has 0 aliphatic heterocycles. The van der Waals surface area contributed by atoms with Crippen LogP contribution < -0.4 is 14.8 Å². The second kappa shape index (κ2) is 11.9. The zero-order valence-corrected chi connectivity index (χ0v) is 19.7. The Morgan fingerprint density at radius 1 is 1.06 bits per heavy atom. The number of nitriles is 1. The summed E-state index contributed by atoms with van der Waals surface area (Å²) in [5.41, 5.74) is 1.09. The van der Waals surface area contributed by atoms with Gasteiger partial charge in [0.2, 0.25) is 0 Å². The third-order valence-electron chi connectivity index (χ3n) is 4.52. The number of benzene rings is 3. The van der Waals surface area contributed by atoms with Crippen LogP contribution in [0.3, 0.4) is 0 Å². The van der Waals surface area contributed by atoms with Gasteiger partial charge in [0.15, 0.2) is 0 Å². The van der Waals surface area contributed by atoms with E-state index < -0.39 is 11.9 Å². The van der Waals surface area contributed by atoms with Crippen molar-refractivity contribution in [3.8, 4) is 17.6 Å². The highest BCUT2D eigenvalue weighted by molar-refractivity contribution is 6.35. The molecule has 0 fully saturated rings. The second-order valence-corrected chi connectivity index (χ2v) is 7.89. The number of nitrogens with zero attached hydrogens (tertiary/aromatic N) is 1. The fourth-order valence-electron chi connectivity index (χ4n) is 2.86. The molecule has 6 nitrogen and oxygen atoms in total. The number of carbonyl (C=O) groups is 2. The molecule has 1 N–H and O–H groups in total. The van der Waals surface area contributed by atoms with E-state index in [9.17, 15) is 14.9 Å². The Labute approximate surface area is 207 Å². The van der Waals surface area contributed by atoms with Crippen LogP contribution in [0, 0.1) is 11.3 Å². The predicted octanol–water partition coefficient (Wildman–Crippen LogP) is 6.55. The van der Waals surface area contributed by atoms with Crippen LogP contribution in [-0.4, -0.2) is 18.5 Å². The van der Waals surface area contributed by atoms with Crippen molar-refractivity contribution in [1.29, 1.82) is 5.26 Å². The van der Waals surface area contributed by atoms with Gasteiger partial charge in [0.1, 0.15) is 23.1 Å². The van der Waals surface area contributed by atoms with Gasteiger partial charge < -0.3 is 14.8 Å². The minimum atomic E-state index is -0.823. The minimum absolute atomic E-state index is 0.180. The monoisotopic (exact) mass is 494 g/mol. The molecule has 0 unspecified atom stereocenters. The van der Waals surface area contributed by atoms with Crippen LogP contribution in [0.1, 0.15) is 29.3 Å². The number of carbonyl (C=O) groups excluding carboxylic acids is 2. The van der Waals surface area contributed by atoms with Crippen LogP contribution in [0.25, 0.3) is 6.08 Å². The van der Waals surface area contributed by atoms with Gasteiger partial charge in [-0.1, -0.05) is 48.3 Å². The normalized spacial score (nSPS) is 10.8. The van der Waals surface area contributed by atoms with Crippen LogP contribution >= 0.6 is 23.2 Å². The number of halogens is 2. The van der Waals surface area contributed by atoms with Crippen LogP contribution in [0.4, 0.5) is 5.69 Å². The standard InChI is InChI=1S/C26H20Cl2N2O4/c1-2-13-33-24-6-4-3-5-18(24)14-19(16-29)26(32)34-21-10-7-17(8-11-21)25(31)30-23-15-20(27)9-12-22(23)28/h3-12,14-15H,2,13H2,1H3,(H,30,31)/b19-14+. The molecule has 0 aromatic heterocycles. The van der Waals surface area contributed by atoms with E-state index in [-0.39, 0.29) is 11.3 Å². The molecule has 8 heteroatoms. The summed E-state index contributed by atoms with van der Waals surface area (Å²) in [6.45, 7) is 2.50. The maximum atomic E-state index is 12.5. The van der Waals surface area contributed by atoms with Crippen molar-refractivity contribution in [2.75, 3.05) is 11.9 Å². The molecular weight excluding hydrogens is 475 g/mol. The highest BCUT2D eigenvalue weighted by Gasteiger charge is 2.15. The lowest BCUT2D eigenvalue weighted by Crippen LogP contribution is -2.13. The van der Waals surface area contributed by atoms with Crippen molar-refractivity contribution >= 4 is 46.8 Å². The molecule has 0 atom stereocenters. The molecule has 172 valence electrons. The highest BCUT2D eigenvalue weighted by atomic mass is 35.5. The maximum Gasteiger partial charge on any atom is 0.354 e.